The molecule has 0 heterocycles. The van der Waals surface area contributed by atoms with Crippen LogP contribution in [0.2, 0.25) is 0 Å². The van der Waals surface area contributed by atoms with Crippen molar-refractivity contribution in [1.29, 1.82) is 0 Å². The molecular formula is C38H30O2. The first-order valence-corrected chi connectivity index (χ1v) is 13.4. The van der Waals surface area contributed by atoms with Crippen LogP contribution in [0.5, 0.6) is 11.5 Å². The standard InChI is InChI=1S/C38H30O2/c1-39-37-33(29-19-11-5-12-20-29)23-31(27-15-7-3-8-16-27)25-35(37)36-26-32(28-17-9-4-10-18-28)24-34(38(36)40-2)30-21-13-6-14-22-30/h3-26H,1-2H3. The summed E-state index contributed by atoms with van der Waals surface area (Å²) in [7, 11) is 3.50. The van der Waals surface area contributed by atoms with Gasteiger partial charge in [0.1, 0.15) is 11.5 Å². The topological polar surface area (TPSA) is 18.5 Å². The summed E-state index contributed by atoms with van der Waals surface area (Å²) in [6.45, 7) is 0. The number of hydrogen-bond acceptors (Lipinski definition) is 2. The largest absolute Gasteiger partial charge is 0.495 e. The van der Waals surface area contributed by atoms with Crippen LogP contribution in [0.4, 0.5) is 0 Å². The van der Waals surface area contributed by atoms with Gasteiger partial charge in [0.25, 0.3) is 0 Å². The lowest BCUT2D eigenvalue weighted by Gasteiger charge is -2.21. The van der Waals surface area contributed by atoms with Gasteiger partial charge in [-0.25, -0.2) is 0 Å². The minimum absolute atomic E-state index is 0.813. The molecule has 2 nitrogen and oxygen atoms in total. The van der Waals surface area contributed by atoms with Gasteiger partial charge in [-0.3, -0.25) is 0 Å². The molecule has 2 heteroatoms. The van der Waals surface area contributed by atoms with E-state index in [2.05, 4.69) is 121 Å². The van der Waals surface area contributed by atoms with Crippen LogP contribution in [-0.4, -0.2) is 14.2 Å². The lowest BCUT2D eigenvalue weighted by Crippen LogP contribution is -1.98. The van der Waals surface area contributed by atoms with Crippen LogP contribution >= 0.6 is 0 Å². The second-order valence-corrected chi connectivity index (χ2v) is 9.67. The number of hydrogen-bond donors (Lipinski definition) is 0. The maximum Gasteiger partial charge on any atom is 0.134 e. The fourth-order valence-corrected chi connectivity index (χ4v) is 5.36. The number of rotatable bonds is 7. The summed E-state index contributed by atoms with van der Waals surface area (Å²) < 4.78 is 12.4. The zero-order chi connectivity index (χ0) is 27.3. The van der Waals surface area contributed by atoms with Gasteiger partial charge in [-0.1, -0.05) is 121 Å². The van der Waals surface area contributed by atoms with Crippen LogP contribution in [0, 0.1) is 0 Å². The smallest absolute Gasteiger partial charge is 0.134 e. The molecule has 0 unspecified atom stereocenters. The molecule has 6 rings (SSSR count). The Labute approximate surface area is 236 Å². The summed E-state index contributed by atoms with van der Waals surface area (Å²) in [6.07, 6.45) is 0. The SMILES string of the molecule is COc1c(-c2ccccc2)cc(-c2ccccc2)cc1-c1cc(-c2ccccc2)cc(-c2ccccc2)c1OC. The Kier molecular flexibility index (Phi) is 7.15. The van der Waals surface area contributed by atoms with Gasteiger partial charge in [0.05, 0.1) is 14.2 Å². The Balaban J connectivity index is 1.71. The number of ether oxygens (including phenoxy) is 2. The van der Waals surface area contributed by atoms with E-state index in [9.17, 15) is 0 Å². The van der Waals surface area contributed by atoms with Crippen molar-refractivity contribution in [3.05, 3.63) is 146 Å². The van der Waals surface area contributed by atoms with Crippen LogP contribution in [0.25, 0.3) is 55.6 Å². The number of methoxy groups -OCH3 is 2. The quantitative estimate of drug-likeness (QED) is 0.209. The van der Waals surface area contributed by atoms with Crippen molar-refractivity contribution in [1.82, 2.24) is 0 Å². The highest BCUT2D eigenvalue weighted by atomic mass is 16.5. The first kappa shape index (κ1) is 25.2. The average molecular weight is 519 g/mol. The van der Waals surface area contributed by atoms with E-state index in [1.165, 1.54) is 0 Å². The summed E-state index contributed by atoms with van der Waals surface area (Å²) in [5.41, 5.74) is 10.7. The van der Waals surface area contributed by atoms with E-state index in [1.807, 2.05) is 24.3 Å². The van der Waals surface area contributed by atoms with E-state index >= 15 is 0 Å². The van der Waals surface area contributed by atoms with E-state index in [4.69, 9.17) is 9.47 Å². The van der Waals surface area contributed by atoms with Crippen molar-refractivity contribution >= 4 is 0 Å². The summed E-state index contributed by atoms with van der Waals surface area (Å²) in [5.74, 6) is 1.63. The Morgan fingerprint density at radius 2 is 0.575 bits per heavy atom. The van der Waals surface area contributed by atoms with Crippen LogP contribution in [0.3, 0.4) is 0 Å². The molecule has 0 amide bonds. The van der Waals surface area contributed by atoms with Gasteiger partial charge in [0.15, 0.2) is 0 Å². The normalized spacial score (nSPS) is 10.8. The van der Waals surface area contributed by atoms with E-state index in [0.717, 1.165) is 67.1 Å². The Hall–Kier alpha value is -5.08. The van der Waals surface area contributed by atoms with E-state index < -0.39 is 0 Å². The predicted octanol–water partition coefficient (Wildman–Crippen LogP) is 10.0. The van der Waals surface area contributed by atoms with Crippen molar-refractivity contribution in [2.75, 3.05) is 14.2 Å². The highest BCUT2D eigenvalue weighted by Gasteiger charge is 2.22. The minimum atomic E-state index is 0.813. The van der Waals surface area contributed by atoms with Crippen LogP contribution in [-0.2, 0) is 0 Å². The van der Waals surface area contributed by atoms with Crippen molar-refractivity contribution in [2.45, 2.75) is 0 Å². The first-order chi connectivity index (χ1) is 19.8. The van der Waals surface area contributed by atoms with Crippen molar-refractivity contribution < 1.29 is 9.47 Å². The van der Waals surface area contributed by atoms with Crippen LogP contribution < -0.4 is 9.47 Å². The summed E-state index contributed by atoms with van der Waals surface area (Å²) in [6, 6.07) is 50.7. The second-order valence-electron chi connectivity index (χ2n) is 9.67. The molecule has 0 saturated heterocycles. The zero-order valence-electron chi connectivity index (χ0n) is 22.7. The second kappa shape index (κ2) is 11.3. The maximum absolute atomic E-state index is 6.21. The van der Waals surface area contributed by atoms with Crippen LogP contribution in [0.1, 0.15) is 0 Å². The van der Waals surface area contributed by atoms with Gasteiger partial charge in [-0.05, 0) is 57.6 Å². The molecule has 0 N–H and O–H groups in total. The molecule has 0 bridgehead atoms. The number of benzene rings is 6. The van der Waals surface area contributed by atoms with Gasteiger partial charge in [-0.2, -0.15) is 0 Å². The van der Waals surface area contributed by atoms with Crippen molar-refractivity contribution in [3.63, 3.8) is 0 Å². The Morgan fingerprint density at radius 3 is 0.875 bits per heavy atom. The highest BCUT2D eigenvalue weighted by molar-refractivity contribution is 5.94. The monoisotopic (exact) mass is 518 g/mol. The zero-order valence-corrected chi connectivity index (χ0v) is 22.7. The third-order valence-electron chi connectivity index (χ3n) is 7.26. The van der Waals surface area contributed by atoms with E-state index in [-0.39, 0.29) is 0 Å². The molecule has 0 aliphatic heterocycles. The maximum atomic E-state index is 6.21. The lowest BCUT2D eigenvalue weighted by atomic mass is 9.88. The van der Waals surface area contributed by atoms with Gasteiger partial charge in [0, 0.05) is 22.3 Å². The fourth-order valence-electron chi connectivity index (χ4n) is 5.36. The molecule has 0 atom stereocenters. The molecule has 0 aliphatic rings. The third-order valence-corrected chi connectivity index (χ3v) is 7.26. The van der Waals surface area contributed by atoms with Crippen molar-refractivity contribution in [2.24, 2.45) is 0 Å². The predicted molar refractivity (Wildman–Crippen MR) is 167 cm³/mol. The van der Waals surface area contributed by atoms with E-state index in [0.29, 0.717) is 0 Å². The van der Waals surface area contributed by atoms with Gasteiger partial charge >= 0.3 is 0 Å². The molecule has 0 fully saturated rings. The molecule has 0 aromatic heterocycles. The summed E-state index contributed by atoms with van der Waals surface area (Å²) in [4.78, 5) is 0. The summed E-state index contributed by atoms with van der Waals surface area (Å²) >= 11 is 0. The molecule has 0 spiro atoms. The van der Waals surface area contributed by atoms with Gasteiger partial charge in [0.2, 0.25) is 0 Å². The molecule has 0 saturated carbocycles. The molecule has 6 aromatic carbocycles. The van der Waals surface area contributed by atoms with Gasteiger partial charge in [-0.15, -0.1) is 0 Å². The third kappa shape index (κ3) is 4.88. The molecular weight excluding hydrogens is 488 g/mol. The Bertz CT molecular complexity index is 1590. The average Bonchev–Trinajstić information content (AvgIpc) is 3.05. The molecule has 6 aromatic rings. The first-order valence-electron chi connectivity index (χ1n) is 13.4. The molecule has 0 aliphatic carbocycles. The van der Waals surface area contributed by atoms with Crippen molar-refractivity contribution in [3.8, 4) is 67.1 Å². The minimum Gasteiger partial charge on any atom is -0.495 e. The van der Waals surface area contributed by atoms with Gasteiger partial charge < -0.3 is 9.47 Å². The highest BCUT2D eigenvalue weighted by Crippen LogP contribution is 2.49. The fraction of sp³-hybridized carbons (Fsp3) is 0.0526. The molecule has 40 heavy (non-hydrogen) atoms. The van der Waals surface area contributed by atoms with Crippen LogP contribution in [0.15, 0.2) is 146 Å². The summed E-state index contributed by atoms with van der Waals surface area (Å²) in [5, 5.41) is 0. The lowest BCUT2D eigenvalue weighted by molar-refractivity contribution is 0.412. The Morgan fingerprint density at radius 1 is 0.300 bits per heavy atom. The molecule has 194 valence electrons. The van der Waals surface area contributed by atoms with E-state index in [1.54, 1.807) is 14.2 Å². The molecule has 0 radical (unpaired) electrons.